The zero-order valence-corrected chi connectivity index (χ0v) is 16.2. The highest BCUT2D eigenvalue weighted by atomic mass is 16.5. The van der Waals surface area contributed by atoms with Crippen LogP contribution in [0.5, 0.6) is 5.75 Å². The van der Waals surface area contributed by atoms with Gasteiger partial charge in [-0.3, -0.25) is 4.79 Å². The SMILES string of the molecule is COc1ccc([C@H](CNC(=O)c2cc3ccccc3o2)[NH+]2CCCCC2)cc1. The van der Waals surface area contributed by atoms with E-state index in [2.05, 4.69) is 17.4 Å². The molecule has 1 atom stereocenters. The Bertz CT molecular complexity index is 893. The number of carbonyl (C=O) groups is 1. The molecule has 4 rings (SSSR count). The fourth-order valence-electron chi connectivity index (χ4n) is 4.06. The number of benzene rings is 2. The Kier molecular flexibility index (Phi) is 5.63. The Morgan fingerprint density at radius 1 is 1.11 bits per heavy atom. The van der Waals surface area contributed by atoms with Crippen LogP contribution in [0.25, 0.3) is 11.0 Å². The lowest BCUT2D eigenvalue weighted by Gasteiger charge is -2.32. The molecule has 1 aromatic heterocycles. The van der Waals surface area contributed by atoms with Crippen LogP contribution in [-0.4, -0.2) is 32.7 Å². The van der Waals surface area contributed by atoms with E-state index in [0.717, 1.165) is 29.8 Å². The molecule has 2 heterocycles. The van der Waals surface area contributed by atoms with Crippen LogP contribution in [0.4, 0.5) is 0 Å². The summed E-state index contributed by atoms with van der Waals surface area (Å²) in [6.07, 6.45) is 3.77. The molecule has 28 heavy (non-hydrogen) atoms. The Balaban J connectivity index is 1.50. The molecule has 2 N–H and O–H groups in total. The van der Waals surface area contributed by atoms with Crippen molar-refractivity contribution in [2.75, 3.05) is 26.7 Å². The van der Waals surface area contributed by atoms with Gasteiger partial charge in [-0.25, -0.2) is 0 Å². The predicted molar refractivity (Wildman–Crippen MR) is 109 cm³/mol. The molecule has 5 nitrogen and oxygen atoms in total. The number of rotatable bonds is 6. The number of hydrogen-bond donors (Lipinski definition) is 2. The summed E-state index contributed by atoms with van der Waals surface area (Å²) in [5, 5.41) is 4.05. The number of piperidine rings is 1. The van der Waals surface area contributed by atoms with Crippen molar-refractivity contribution < 1.29 is 18.8 Å². The standard InChI is InChI=1S/C23H26N2O3/c1-27-19-11-9-17(10-12-19)20(25-13-5-2-6-14-25)16-24-23(26)22-15-18-7-3-4-8-21(18)28-22/h3-4,7-12,15,20H,2,5-6,13-14,16H2,1H3,(H,24,26)/p+1/t20-/m0/s1. The number of quaternary nitrogens is 1. The monoisotopic (exact) mass is 379 g/mol. The molecule has 0 aliphatic carbocycles. The molecule has 0 saturated carbocycles. The van der Waals surface area contributed by atoms with E-state index in [4.69, 9.17) is 9.15 Å². The molecule has 1 saturated heterocycles. The van der Waals surface area contributed by atoms with Crippen molar-refractivity contribution in [3.63, 3.8) is 0 Å². The molecule has 2 aromatic carbocycles. The summed E-state index contributed by atoms with van der Waals surface area (Å²) in [4.78, 5) is 14.2. The van der Waals surface area contributed by atoms with Crippen molar-refractivity contribution >= 4 is 16.9 Å². The van der Waals surface area contributed by atoms with Crippen molar-refractivity contribution in [2.24, 2.45) is 0 Å². The van der Waals surface area contributed by atoms with E-state index in [0.29, 0.717) is 12.3 Å². The largest absolute Gasteiger partial charge is 0.497 e. The van der Waals surface area contributed by atoms with Crippen LogP contribution >= 0.6 is 0 Å². The molecule has 0 radical (unpaired) electrons. The Hall–Kier alpha value is -2.79. The summed E-state index contributed by atoms with van der Waals surface area (Å²) in [6, 6.07) is 17.9. The van der Waals surface area contributed by atoms with Gasteiger partial charge in [0.25, 0.3) is 5.91 Å². The van der Waals surface area contributed by atoms with Gasteiger partial charge in [-0.15, -0.1) is 0 Å². The summed E-state index contributed by atoms with van der Waals surface area (Å²) >= 11 is 0. The number of carbonyl (C=O) groups excluding carboxylic acids is 1. The lowest BCUT2D eigenvalue weighted by atomic mass is 10.0. The topological polar surface area (TPSA) is 55.9 Å². The quantitative estimate of drug-likeness (QED) is 0.692. The summed E-state index contributed by atoms with van der Waals surface area (Å²) in [5.74, 6) is 1.05. The number of hydrogen-bond acceptors (Lipinski definition) is 3. The Morgan fingerprint density at radius 2 is 1.86 bits per heavy atom. The van der Waals surface area contributed by atoms with Crippen molar-refractivity contribution in [2.45, 2.75) is 25.3 Å². The number of ether oxygens (including phenoxy) is 1. The normalized spacial score (nSPS) is 16.0. The number of fused-ring (bicyclic) bond motifs is 1. The van der Waals surface area contributed by atoms with Gasteiger partial charge in [-0.2, -0.15) is 0 Å². The van der Waals surface area contributed by atoms with E-state index in [1.165, 1.54) is 29.7 Å². The number of nitrogens with one attached hydrogen (secondary N) is 2. The summed E-state index contributed by atoms with van der Waals surface area (Å²) in [6.45, 7) is 2.85. The van der Waals surface area contributed by atoms with Crippen LogP contribution < -0.4 is 15.0 Å². The maximum atomic E-state index is 12.7. The second-order valence-corrected chi connectivity index (χ2v) is 7.40. The highest BCUT2D eigenvalue weighted by molar-refractivity contribution is 5.96. The molecule has 0 unspecified atom stereocenters. The lowest BCUT2D eigenvalue weighted by Crippen LogP contribution is -3.13. The van der Waals surface area contributed by atoms with Crippen molar-refractivity contribution in [3.8, 4) is 5.75 Å². The summed E-state index contributed by atoms with van der Waals surface area (Å²) in [5.41, 5.74) is 1.96. The van der Waals surface area contributed by atoms with Crippen LogP contribution in [0.3, 0.4) is 0 Å². The highest BCUT2D eigenvalue weighted by Gasteiger charge is 2.27. The molecule has 0 spiro atoms. The number of para-hydroxylation sites is 1. The van der Waals surface area contributed by atoms with Gasteiger partial charge in [0.05, 0.1) is 26.7 Å². The first-order valence-electron chi connectivity index (χ1n) is 10.00. The zero-order chi connectivity index (χ0) is 19.3. The minimum atomic E-state index is -0.161. The Morgan fingerprint density at radius 3 is 2.57 bits per heavy atom. The fourth-order valence-corrected chi connectivity index (χ4v) is 4.06. The third-order valence-electron chi connectivity index (χ3n) is 5.62. The minimum absolute atomic E-state index is 0.161. The van der Waals surface area contributed by atoms with Crippen LogP contribution in [0.2, 0.25) is 0 Å². The van der Waals surface area contributed by atoms with Crippen molar-refractivity contribution in [1.29, 1.82) is 0 Å². The smallest absolute Gasteiger partial charge is 0.287 e. The summed E-state index contributed by atoms with van der Waals surface area (Å²) < 4.78 is 11.0. The fraction of sp³-hybridized carbons (Fsp3) is 0.348. The van der Waals surface area contributed by atoms with Gasteiger partial charge in [-0.1, -0.05) is 18.2 Å². The second kappa shape index (κ2) is 8.48. The van der Waals surface area contributed by atoms with E-state index in [9.17, 15) is 4.79 Å². The van der Waals surface area contributed by atoms with Crippen LogP contribution in [-0.2, 0) is 0 Å². The molecule has 1 fully saturated rings. The maximum Gasteiger partial charge on any atom is 0.287 e. The first-order chi connectivity index (χ1) is 13.7. The molecule has 1 amide bonds. The molecule has 1 aliphatic rings. The second-order valence-electron chi connectivity index (χ2n) is 7.40. The highest BCUT2D eigenvalue weighted by Crippen LogP contribution is 2.19. The molecule has 5 heteroatoms. The number of likely N-dealkylation sites (tertiary alicyclic amines) is 1. The van der Waals surface area contributed by atoms with E-state index in [1.54, 1.807) is 13.2 Å². The molecule has 0 bridgehead atoms. The van der Waals surface area contributed by atoms with Crippen LogP contribution in [0, 0.1) is 0 Å². The third-order valence-corrected chi connectivity index (χ3v) is 5.62. The first-order valence-corrected chi connectivity index (χ1v) is 10.00. The lowest BCUT2D eigenvalue weighted by molar-refractivity contribution is -0.935. The average Bonchev–Trinajstić information content (AvgIpc) is 3.19. The van der Waals surface area contributed by atoms with E-state index < -0.39 is 0 Å². The minimum Gasteiger partial charge on any atom is -0.497 e. The maximum absolute atomic E-state index is 12.7. The van der Waals surface area contributed by atoms with E-state index >= 15 is 0 Å². The van der Waals surface area contributed by atoms with Gasteiger partial charge >= 0.3 is 0 Å². The molecular weight excluding hydrogens is 352 g/mol. The van der Waals surface area contributed by atoms with Gasteiger partial charge in [0.1, 0.15) is 17.4 Å². The van der Waals surface area contributed by atoms with Gasteiger partial charge in [0, 0.05) is 10.9 Å². The van der Waals surface area contributed by atoms with Gasteiger partial charge in [-0.05, 0) is 55.7 Å². The zero-order valence-electron chi connectivity index (χ0n) is 16.2. The predicted octanol–water partition coefficient (Wildman–Crippen LogP) is 2.98. The molecule has 146 valence electrons. The van der Waals surface area contributed by atoms with Gasteiger partial charge < -0.3 is 19.4 Å². The number of methoxy groups -OCH3 is 1. The van der Waals surface area contributed by atoms with Gasteiger partial charge in [0.15, 0.2) is 5.76 Å². The van der Waals surface area contributed by atoms with Gasteiger partial charge in [0.2, 0.25) is 0 Å². The number of amides is 1. The van der Waals surface area contributed by atoms with Crippen molar-refractivity contribution in [3.05, 3.63) is 65.9 Å². The average molecular weight is 379 g/mol. The van der Waals surface area contributed by atoms with Crippen molar-refractivity contribution in [1.82, 2.24) is 5.32 Å². The van der Waals surface area contributed by atoms with Crippen LogP contribution in [0.15, 0.2) is 59.0 Å². The molecular formula is C23H27N2O3+. The van der Waals surface area contributed by atoms with Crippen LogP contribution in [0.1, 0.15) is 41.4 Å². The van der Waals surface area contributed by atoms with E-state index in [-0.39, 0.29) is 11.9 Å². The van der Waals surface area contributed by atoms with E-state index in [1.807, 2.05) is 36.4 Å². The summed E-state index contributed by atoms with van der Waals surface area (Å²) in [7, 11) is 1.68. The Labute approximate surface area is 165 Å². The number of furan rings is 1. The first kappa shape index (κ1) is 18.6. The molecule has 1 aliphatic heterocycles. The molecule has 3 aromatic rings. The third kappa shape index (κ3) is 4.04.